The van der Waals surface area contributed by atoms with Gasteiger partial charge in [-0.3, -0.25) is 9.59 Å². The van der Waals surface area contributed by atoms with Gasteiger partial charge in [0.1, 0.15) is 0 Å². The Balaban J connectivity index is -0.000000345. The van der Waals surface area contributed by atoms with Gasteiger partial charge in [0.2, 0.25) is 11.5 Å². The number of carbonyl (C=O) groups excluding carboxylic acids is 2. The first kappa shape index (κ1) is 31.8. The third-order valence-electron chi connectivity index (χ3n) is 2.59. The predicted molar refractivity (Wildman–Crippen MR) is 91.6 cm³/mol. The van der Waals surface area contributed by atoms with Crippen molar-refractivity contribution in [1.82, 2.24) is 0 Å². The Kier molecular flexibility index (Phi) is 17.5. The summed E-state index contributed by atoms with van der Waals surface area (Å²) >= 11 is 0. The number of rotatable bonds is 2. The maximum atomic E-state index is 11.3. The average Bonchev–Trinajstić information content (AvgIpc) is 2.44. The molecule has 29 heavy (non-hydrogen) atoms. The van der Waals surface area contributed by atoms with Crippen LogP contribution in [-0.4, -0.2) is 34.1 Å². The maximum Gasteiger partial charge on any atom is 0.448 e. The second-order valence-corrected chi connectivity index (χ2v) is 5.37. The Morgan fingerprint density at radius 2 is 0.897 bits per heavy atom. The first-order valence-corrected chi connectivity index (χ1v) is 7.94. The first-order valence-electron chi connectivity index (χ1n) is 7.94. The minimum Gasteiger partial charge on any atom is -0.504 e. The smallest absolute Gasteiger partial charge is 0.448 e. The van der Waals surface area contributed by atoms with Crippen LogP contribution in [0.25, 0.3) is 0 Å². The van der Waals surface area contributed by atoms with Crippen molar-refractivity contribution >= 4 is 11.6 Å². The van der Waals surface area contributed by atoms with Crippen LogP contribution >= 0.6 is 0 Å². The summed E-state index contributed by atoms with van der Waals surface area (Å²) in [6.45, 7) is 1.84. The van der Waals surface area contributed by atoms with Gasteiger partial charge in [-0.2, -0.15) is 26.3 Å². The SMILES string of the molecule is C1=C\CC/C=C\CC/1.CC(=O)/C=C(\O)C(F)(F)F.CC(=O)/C=C(\O)C(F)(F)F.[Ru]. The van der Waals surface area contributed by atoms with Crippen molar-refractivity contribution in [2.24, 2.45) is 0 Å². The largest absolute Gasteiger partial charge is 0.504 e. The molecule has 0 saturated carbocycles. The van der Waals surface area contributed by atoms with E-state index in [2.05, 4.69) is 24.3 Å². The molecule has 168 valence electrons. The van der Waals surface area contributed by atoms with Crippen molar-refractivity contribution in [1.29, 1.82) is 0 Å². The molecule has 2 N–H and O–H groups in total. The third kappa shape index (κ3) is 22.3. The monoisotopic (exact) mass is 518 g/mol. The molecule has 0 unspecified atom stereocenters. The van der Waals surface area contributed by atoms with Gasteiger partial charge >= 0.3 is 12.4 Å². The van der Waals surface area contributed by atoms with Gasteiger partial charge in [-0.15, -0.1) is 0 Å². The first-order chi connectivity index (χ1) is 12.7. The molecule has 0 aromatic rings. The molecular formula is C18H22F6O4Ru. The number of aliphatic hydroxyl groups is 2. The molecule has 0 amide bonds. The van der Waals surface area contributed by atoms with E-state index >= 15 is 0 Å². The molecule has 0 radical (unpaired) electrons. The van der Waals surface area contributed by atoms with Crippen LogP contribution in [0.1, 0.15) is 39.5 Å². The summed E-state index contributed by atoms with van der Waals surface area (Å²) in [4.78, 5) is 19.9. The molecule has 1 rings (SSSR count). The van der Waals surface area contributed by atoms with E-state index in [1.165, 1.54) is 25.7 Å². The molecule has 11 heteroatoms. The van der Waals surface area contributed by atoms with Gasteiger partial charge in [0.15, 0.2) is 11.6 Å². The van der Waals surface area contributed by atoms with Gasteiger partial charge in [-0.05, 0) is 39.5 Å². The second kappa shape index (κ2) is 16.0. The average molecular weight is 517 g/mol. The number of hydrogen-bond acceptors (Lipinski definition) is 4. The summed E-state index contributed by atoms with van der Waals surface area (Å²) < 4.78 is 68.0. The van der Waals surface area contributed by atoms with Gasteiger partial charge in [0.25, 0.3) is 0 Å². The minimum absolute atomic E-state index is 0. The minimum atomic E-state index is -4.81. The molecule has 0 aliphatic heterocycles. The van der Waals surface area contributed by atoms with E-state index in [1.54, 1.807) is 0 Å². The number of hydrogen-bond donors (Lipinski definition) is 2. The van der Waals surface area contributed by atoms with Gasteiger partial charge in [-0.25, -0.2) is 0 Å². The van der Waals surface area contributed by atoms with E-state index in [1.807, 2.05) is 0 Å². The van der Waals surface area contributed by atoms with Crippen LogP contribution in [0.2, 0.25) is 0 Å². The zero-order valence-corrected chi connectivity index (χ0v) is 17.4. The normalized spacial score (nSPS) is 17.0. The Labute approximate surface area is 177 Å². The molecule has 0 heterocycles. The van der Waals surface area contributed by atoms with Crippen LogP contribution in [-0.2, 0) is 29.1 Å². The topological polar surface area (TPSA) is 74.6 Å². The molecule has 0 aromatic heterocycles. The Bertz CT molecular complexity index is 551. The molecule has 1 aliphatic rings. The maximum absolute atomic E-state index is 11.3. The molecular weight excluding hydrogens is 495 g/mol. The van der Waals surface area contributed by atoms with Gasteiger partial charge in [0.05, 0.1) is 0 Å². The van der Waals surface area contributed by atoms with E-state index in [0.717, 1.165) is 13.8 Å². The van der Waals surface area contributed by atoms with Gasteiger partial charge in [0, 0.05) is 31.6 Å². The van der Waals surface area contributed by atoms with Crippen LogP contribution in [0, 0.1) is 0 Å². The standard InChI is InChI=1S/C8H12.2C5H5F3O2.Ru/c1-2-4-6-8-7-5-3-1;2*1-3(9)2-4(10)5(6,7)8;/h1-2,7-8H,3-6H2;2*2,10H,1H3;/b2-1-,8-7-;2*4-2-;. The molecule has 0 atom stereocenters. The molecule has 0 fully saturated rings. The predicted octanol–water partition coefficient (Wildman–Crippen LogP) is 5.83. The van der Waals surface area contributed by atoms with Gasteiger partial charge in [-0.1, -0.05) is 24.3 Å². The fourth-order valence-electron chi connectivity index (χ4n) is 1.41. The summed E-state index contributed by atoms with van der Waals surface area (Å²) in [5.74, 6) is -5.40. The fraction of sp³-hybridized carbons (Fsp3) is 0.444. The van der Waals surface area contributed by atoms with E-state index in [0.29, 0.717) is 0 Å². The van der Waals surface area contributed by atoms with Crippen LogP contribution in [0.15, 0.2) is 48.0 Å². The van der Waals surface area contributed by atoms with Crippen molar-refractivity contribution in [3.05, 3.63) is 48.0 Å². The van der Waals surface area contributed by atoms with Crippen LogP contribution < -0.4 is 0 Å². The quantitative estimate of drug-likeness (QED) is 0.159. The molecule has 0 aromatic carbocycles. The number of halogens is 6. The van der Waals surface area contributed by atoms with E-state index in [9.17, 15) is 35.9 Å². The number of alkyl halides is 6. The molecule has 4 nitrogen and oxygen atoms in total. The zero-order chi connectivity index (χ0) is 22.4. The van der Waals surface area contributed by atoms with E-state index < -0.39 is 35.4 Å². The second-order valence-electron chi connectivity index (χ2n) is 5.37. The molecule has 0 bridgehead atoms. The third-order valence-corrected chi connectivity index (χ3v) is 2.59. The molecule has 0 spiro atoms. The number of aliphatic hydroxyl groups excluding tert-OH is 2. The number of allylic oxidation sites excluding steroid dienone is 8. The fourth-order valence-corrected chi connectivity index (χ4v) is 1.41. The Morgan fingerprint density at radius 3 is 1.00 bits per heavy atom. The van der Waals surface area contributed by atoms with E-state index in [4.69, 9.17) is 10.2 Å². The number of carbonyl (C=O) groups is 2. The van der Waals surface area contributed by atoms with Crippen molar-refractivity contribution < 1.29 is 65.6 Å². The van der Waals surface area contributed by atoms with Gasteiger partial charge < -0.3 is 10.2 Å². The zero-order valence-electron chi connectivity index (χ0n) is 15.6. The summed E-state index contributed by atoms with van der Waals surface area (Å²) in [5, 5.41) is 16.1. The van der Waals surface area contributed by atoms with E-state index in [-0.39, 0.29) is 31.6 Å². The Morgan fingerprint density at radius 1 is 0.690 bits per heavy atom. The number of ketones is 2. The van der Waals surface area contributed by atoms with Crippen LogP contribution in [0.4, 0.5) is 26.3 Å². The van der Waals surface area contributed by atoms with Crippen molar-refractivity contribution in [3.8, 4) is 0 Å². The molecule has 1 aliphatic carbocycles. The van der Waals surface area contributed by atoms with Crippen LogP contribution in [0.3, 0.4) is 0 Å². The summed E-state index contributed by atoms with van der Waals surface area (Å²) in [6.07, 6.45) is 4.62. The summed E-state index contributed by atoms with van der Waals surface area (Å²) in [5.41, 5.74) is 0. The summed E-state index contributed by atoms with van der Waals surface area (Å²) in [6, 6.07) is 0. The Hall–Kier alpha value is -1.90. The summed E-state index contributed by atoms with van der Waals surface area (Å²) in [7, 11) is 0. The van der Waals surface area contributed by atoms with Crippen molar-refractivity contribution in [2.75, 3.05) is 0 Å². The van der Waals surface area contributed by atoms with Crippen molar-refractivity contribution in [3.63, 3.8) is 0 Å². The molecule has 0 saturated heterocycles. The van der Waals surface area contributed by atoms with Crippen LogP contribution in [0.5, 0.6) is 0 Å². The van der Waals surface area contributed by atoms with Crippen molar-refractivity contribution in [2.45, 2.75) is 51.9 Å².